The number of carbonyl (C=O) groups excluding carboxylic acids is 1. The standard InChI is InChI=1S/C18H22N2O4S2/c1-12-4-5-15(19-18(21)16-10-13(2)25-14(16)3)11-17(12)26(22,23)20-6-8-24-9-7-20/h4-5,10-11H,6-9H2,1-3H3,(H,19,21). The second-order valence-electron chi connectivity index (χ2n) is 6.28. The topological polar surface area (TPSA) is 75.7 Å². The molecular formula is C18H22N2O4S2. The van der Waals surface area contributed by atoms with E-state index in [1.165, 1.54) is 10.4 Å². The fourth-order valence-corrected chi connectivity index (χ4v) is 5.52. The maximum absolute atomic E-state index is 12.9. The molecule has 6 nitrogen and oxygen atoms in total. The Balaban J connectivity index is 1.88. The van der Waals surface area contributed by atoms with E-state index in [9.17, 15) is 13.2 Å². The number of benzene rings is 1. The summed E-state index contributed by atoms with van der Waals surface area (Å²) in [6.45, 7) is 7.07. The van der Waals surface area contributed by atoms with E-state index >= 15 is 0 Å². The van der Waals surface area contributed by atoms with Crippen LogP contribution in [0.2, 0.25) is 0 Å². The Kier molecular flexibility index (Phi) is 5.47. The van der Waals surface area contributed by atoms with Gasteiger partial charge in [0.2, 0.25) is 10.0 Å². The highest BCUT2D eigenvalue weighted by molar-refractivity contribution is 7.89. The Morgan fingerprint density at radius 1 is 1.15 bits per heavy atom. The largest absolute Gasteiger partial charge is 0.379 e. The van der Waals surface area contributed by atoms with Crippen molar-refractivity contribution >= 4 is 33.0 Å². The molecule has 26 heavy (non-hydrogen) atoms. The molecule has 0 aliphatic carbocycles. The third-order valence-electron chi connectivity index (χ3n) is 4.32. The van der Waals surface area contributed by atoms with E-state index in [0.29, 0.717) is 43.1 Å². The van der Waals surface area contributed by atoms with Gasteiger partial charge in [-0.2, -0.15) is 4.31 Å². The van der Waals surface area contributed by atoms with Gasteiger partial charge in [-0.15, -0.1) is 11.3 Å². The summed E-state index contributed by atoms with van der Waals surface area (Å²) in [6.07, 6.45) is 0. The number of aryl methyl sites for hydroxylation is 3. The fourth-order valence-electron chi connectivity index (χ4n) is 2.94. The van der Waals surface area contributed by atoms with Crippen LogP contribution >= 0.6 is 11.3 Å². The van der Waals surface area contributed by atoms with Crippen molar-refractivity contribution in [2.75, 3.05) is 31.6 Å². The fraction of sp³-hybridized carbons (Fsp3) is 0.389. The summed E-state index contributed by atoms with van der Waals surface area (Å²) in [7, 11) is -3.62. The van der Waals surface area contributed by atoms with Crippen LogP contribution in [0.1, 0.15) is 25.7 Å². The summed E-state index contributed by atoms with van der Waals surface area (Å²) in [5, 5.41) is 2.82. The highest BCUT2D eigenvalue weighted by Gasteiger charge is 2.28. The lowest BCUT2D eigenvalue weighted by molar-refractivity contribution is 0.0730. The number of carbonyl (C=O) groups is 1. The molecule has 0 unspecified atom stereocenters. The van der Waals surface area contributed by atoms with E-state index in [1.54, 1.807) is 30.4 Å². The molecule has 1 aliphatic rings. The molecule has 0 spiro atoms. The van der Waals surface area contributed by atoms with Crippen LogP contribution in [0.25, 0.3) is 0 Å². The third-order valence-corrected chi connectivity index (χ3v) is 7.33. The molecule has 1 N–H and O–H groups in total. The van der Waals surface area contributed by atoms with Crippen molar-refractivity contribution in [1.82, 2.24) is 4.31 Å². The zero-order chi connectivity index (χ0) is 18.9. The average molecular weight is 395 g/mol. The molecule has 3 rings (SSSR count). The predicted molar refractivity (Wildman–Crippen MR) is 103 cm³/mol. The van der Waals surface area contributed by atoms with Crippen LogP contribution in [-0.4, -0.2) is 44.9 Å². The van der Waals surface area contributed by atoms with Crippen molar-refractivity contribution in [3.63, 3.8) is 0 Å². The van der Waals surface area contributed by atoms with Crippen molar-refractivity contribution < 1.29 is 17.9 Å². The molecule has 1 saturated heterocycles. The lowest BCUT2D eigenvalue weighted by Gasteiger charge is -2.26. The van der Waals surface area contributed by atoms with Crippen LogP contribution in [0.3, 0.4) is 0 Å². The van der Waals surface area contributed by atoms with Crippen molar-refractivity contribution in [3.05, 3.63) is 45.1 Å². The van der Waals surface area contributed by atoms with Gasteiger partial charge in [0.1, 0.15) is 0 Å². The summed E-state index contributed by atoms with van der Waals surface area (Å²) in [6, 6.07) is 6.82. The lowest BCUT2D eigenvalue weighted by atomic mass is 10.2. The van der Waals surface area contributed by atoms with Crippen molar-refractivity contribution in [1.29, 1.82) is 0 Å². The Labute approximate surface area is 157 Å². The van der Waals surface area contributed by atoms with Gasteiger partial charge in [-0.05, 0) is 44.5 Å². The minimum absolute atomic E-state index is 0.218. The molecule has 1 aromatic carbocycles. The van der Waals surface area contributed by atoms with Crippen LogP contribution in [0.5, 0.6) is 0 Å². The molecule has 140 valence electrons. The lowest BCUT2D eigenvalue weighted by Crippen LogP contribution is -2.40. The maximum Gasteiger partial charge on any atom is 0.256 e. The van der Waals surface area contributed by atoms with E-state index in [0.717, 1.165) is 9.75 Å². The van der Waals surface area contributed by atoms with Crippen LogP contribution in [-0.2, 0) is 14.8 Å². The second kappa shape index (κ2) is 7.48. The highest BCUT2D eigenvalue weighted by atomic mass is 32.2. The number of hydrogen-bond acceptors (Lipinski definition) is 5. The summed E-state index contributed by atoms with van der Waals surface area (Å²) >= 11 is 1.56. The van der Waals surface area contributed by atoms with Gasteiger partial charge >= 0.3 is 0 Å². The van der Waals surface area contributed by atoms with E-state index in [4.69, 9.17) is 4.74 Å². The number of sulfonamides is 1. The first-order chi connectivity index (χ1) is 12.3. The van der Waals surface area contributed by atoms with Crippen molar-refractivity contribution in [3.8, 4) is 0 Å². The highest BCUT2D eigenvalue weighted by Crippen LogP contribution is 2.26. The first-order valence-corrected chi connectivity index (χ1v) is 10.6. The number of nitrogens with one attached hydrogen (secondary N) is 1. The summed E-state index contributed by atoms with van der Waals surface area (Å²) in [5.74, 6) is -0.231. The predicted octanol–water partition coefficient (Wildman–Crippen LogP) is 2.95. The average Bonchev–Trinajstić information content (AvgIpc) is 2.95. The molecule has 8 heteroatoms. The van der Waals surface area contributed by atoms with E-state index in [2.05, 4.69) is 5.32 Å². The summed E-state index contributed by atoms with van der Waals surface area (Å²) in [4.78, 5) is 14.7. The number of hydrogen-bond donors (Lipinski definition) is 1. The zero-order valence-electron chi connectivity index (χ0n) is 15.0. The monoisotopic (exact) mass is 394 g/mol. The Bertz CT molecular complexity index is 929. The number of rotatable bonds is 4. The first-order valence-electron chi connectivity index (χ1n) is 8.36. The van der Waals surface area contributed by atoms with Gasteiger partial charge in [-0.1, -0.05) is 6.07 Å². The van der Waals surface area contributed by atoms with E-state index in [-0.39, 0.29) is 10.8 Å². The molecule has 1 amide bonds. The number of thiophene rings is 1. The zero-order valence-corrected chi connectivity index (χ0v) is 16.7. The van der Waals surface area contributed by atoms with Crippen molar-refractivity contribution in [2.45, 2.75) is 25.7 Å². The van der Waals surface area contributed by atoms with E-state index in [1.807, 2.05) is 19.9 Å². The minimum atomic E-state index is -3.62. The Hall–Kier alpha value is -1.74. The molecule has 0 radical (unpaired) electrons. The normalized spacial score (nSPS) is 15.8. The number of ether oxygens (including phenoxy) is 1. The molecule has 1 aromatic heterocycles. The second-order valence-corrected chi connectivity index (χ2v) is 9.64. The van der Waals surface area contributed by atoms with Gasteiger partial charge in [-0.25, -0.2) is 8.42 Å². The smallest absolute Gasteiger partial charge is 0.256 e. The van der Waals surface area contributed by atoms with Crippen molar-refractivity contribution in [2.24, 2.45) is 0 Å². The molecule has 1 aliphatic heterocycles. The molecule has 2 aromatic rings. The van der Waals surface area contributed by atoms with Gasteiger partial charge in [0.25, 0.3) is 5.91 Å². The van der Waals surface area contributed by atoms with E-state index < -0.39 is 10.0 Å². The van der Waals surface area contributed by atoms with Gasteiger partial charge in [-0.3, -0.25) is 4.79 Å². The maximum atomic E-state index is 12.9. The quantitative estimate of drug-likeness (QED) is 0.865. The van der Waals surface area contributed by atoms with Crippen LogP contribution < -0.4 is 5.32 Å². The number of nitrogens with zero attached hydrogens (tertiary/aromatic N) is 1. The molecule has 2 heterocycles. The van der Waals surface area contributed by atoms with Crippen LogP contribution in [0.15, 0.2) is 29.2 Å². The molecular weight excluding hydrogens is 372 g/mol. The molecule has 0 atom stereocenters. The van der Waals surface area contributed by atoms with Crippen LogP contribution in [0, 0.1) is 20.8 Å². The minimum Gasteiger partial charge on any atom is -0.379 e. The summed E-state index contributed by atoms with van der Waals surface area (Å²) < 4.78 is 32.5. The molecule has 0 bridgehead atoms. The van der Waals surface area contributed by atoms with Gasteiger partial charge in [0.05, 0.1) is 23.7 Å². The number of anilines is 1. The Morgan fingerprint density at radius 3 is 2.46 bits per heavy atom. The van der Waals surface area contributed by atoms with Crippen LogP contribution in [0.4, 0.5) is 5.69 Å². The Morgan fingerprint density at radius 2 is 1.85 bits per heavy atom. The summed E-state index contributed by atoms with van der Waals surface area (Å²) in [5.41, 5.74) is 1.73. The van der Waals surface area contributed by atoms with Gasteiger partial charge in [0, 0.05) is 28.5 Å². The number of morpholine rings is 1. The molecule has 0 saturated carbocycles. The van der Waals surface area contributed by atoms with Gasteiger partial charge < -0.3 is 10.1 Å². The SMILES string of the molecule is Cc1cc(C(=O)Nc2ccc(C)c(S(=O)(=O)N3CCOCC3)c2)c(C)s1. The number of amides is 1. The van der Waals surface area contributed by atoms with Gasteiger partial charge in [0.15, 0.2) is 0 Å². The first kappa shape index (κ1) is 19.0. The molecule has 1 fully saturated rings. The third kappa shape index (κ3) is 3.83.